The van der Waals surface area contributed by atoms with Crippen LogP contribution in [0.5, 0.6) is 5.75 Å². The van der Waals surface area contributed by atoms with Crippen molar-refractivity contribution in [2.45, 2.75) is 20.8 Å². The molecule has 0 saturated carbocycles. The Morgan fingerprint density at radius 1 is 0.969 bits per heavy atom. The molecule has 0 saturated heterocycles. The maximum atomic E-state index is 13.0. The van der Waals surface area contributed by atoms with Gasteiger partial charge in [-0.05, 0) is 50.1 Å². The summed E-state index contributed by atoms with van der Waals surface area (Å²) >= 11 is 1.03. The van der Waals surface area contributed by atoms with Crippen LogP contribution in [0.1, 0.15) is 48.4 Å². The number of aryl methyl sites for hydroxylation is 1. The summed E-state index contributed by atoms with van der Waals surface area (Å²) in [6.07, 6.45) is 0. The minimum atomic E-state index is -0.596. The minimum absolute atomic E-state index is 0.171. The Bertz CT molecular complexity index is 1170. The first-order chi connectivity index (χ1) is 15.3. The molecule has 0 fully saturated rings. The number of esters is 1. The van der Waals surface area contributed by atoms with Gasteiger partial charge in [0.05, 0.1) is 24.2 Å². The molecule has 3 aromatic rings. The van der Waals surface area contributed by atoms with E-state index in [1.165, 1.54) is 0 Å². The van der Waals surface area contributed by atoms with Crippen LogP contribution in [0.3, 0.4) is 0 Å². The summed E-state index contributed by atoms with van der Waals surface area (Å²) in [6, 6.07) is 14.1. The molecule has 3 rings (SSSR count). The molecule has 1 heterocycles. The van der Waals surface area contributed by atoms with Crippen LogP contribution in [0.25, 0.3) is 0 Å². The highest BCUT2D eigenvalue weighted by molar-refractivity contribution is 7.19. The fourth-order valence-corrected chi connectivity index (χ4v) is 4.24. The summed E-state index contributed by atoms with van der Waals surface area (Å²) in [4.78, 5) is 38.8. The highest BCUT2D eigenvalue weighted by Crippen LogP contribution is 2.35. The lowest BCUT2D eigenvalue weighted by atomic mass is 10.1. The van der Waals surface area contributed by atoms with Crippen molar-refractivity contribution in [1.29, 1.82) is 0 Å². The average Bonchev–Trinajstić information content (AvgIpc) is 3.10. The molecule has 7 nitrogen and oxygen atoms in total. The van der Waals surface area contributed by atoms with Gasteiger partial charge in [-0.25, -0.2) is 4.79 Å². The molecule has 0 unspecified atom stereocenters. The third kappa shape index (κ3) is 4.97. The molecular formula is C24H24N2O5S. The Labute approximate surface area is 190 Å². The first kappa shape index (κ1) is 23.0. The van der Waals surface area contributed by atoms with Gasteiger partial charge >= 0.3 is 5.97 Å². The largest absolute Gasteiger partial charge is 0.497 e. The van der Waals surface area contributed by atoms with E-state index in [0.29, 0.717) is 27.4 Å². The Morgan fingerprint density at radius 3 is 2.41 bits per heavy atom. The number of nitrogens with one attached hydrogen (secondary N) is 2. The normalized spacial score (nSPS) is 10.4. The average molecular weight is 453 g/mol. The first-order valence-electron chi connectivity index (χ1n) is 9.98. The number of hydrogen-bond donors (Lipinski definition) is 2. The van der Waals surface area contributed by atoms with E-state index in [9.17, 15) is 14.4 Å². The molecule has 2 N–H and O–H groups in total. The Kier molecular flexibility index (Phi) is 7.27. The maximum absolute atomic E-state index is 13.0. The van der Waals surface area contributed by atoms with Gasteiger partial charge in [-0.15, -0.1) is 11.3 Å². The quantitative estimate of drug-likeness (QED) is 0.489. The predicted molar refractivity (Wildman–Crippen MR) is 125 cm³/mol. The number of hydrogen-bond acceptors (Lipinski definition) is 6. The van der Waals surface area contributed by atoms with Crippen LogP contribution in [-0.2, 0) is 4.74 Å². The van der Waals surface area contributed by atoms with Crippen molar-refractivity contribution in [2.24, 2.45) is 0 Å². The van der Waals surface area contributed by atoms with Gasteiger partial charge in [0.15, 0.2) is 0 Å². The standard InChI is InChI=1S/C24H24N2O5S/c1-5-31-24(29)19-15(3)20(22(28)25-16-10-8-11-17(13-16)30-4)32-23(19)26-21(27)18-12-7-6-9-14(18)2/h6-13H,5H2,1-4H3,(H,25,28)(H,26,27). The van der Waals surface area contributed by atoms with Crippen LogP contribution in [0.15, 0.2) is 48.5 Å². The summed E-state index contributed by atoms with van der Waals surface area (Å²) < 4.78 is 10.4. The zero-order valence-corrected chi connectivity index (χ0v) is 19.1. The molecule has 2 aromatic carbocycles. The van der Waals surface area contributed by atoms with E-state index >= 15 is 0 Å². The lowest BCUT2D eigenvalue weighted by Gasteiger charge is -2.08. The molecule has 0 spiro atoms. The van der Waals surface area contributed by atoms with Crippen molar-refractivity contribution in [3.05, 3.63) is 75.7 Å². The third-order valence-electron chi connectivity index (χ3n) is 4.78. The minimum Gasteiger partial charge on any atom is -0.497 e. The van der Waals surface area contributed by atoms with Gasteiger partial charge in [-0.2, -0.15) is 0 Å². The smallest absolute Gasteiger partial charge is 0.341 e. The van der Waals surface area contributed by atoms with Crippen LogP contribution < -0.4 is 15.4 Å². The third-order valence-corrected chi connectivity index (χ3v) is 5.98. The summed E-state index contributed by atoms with van der Waals surface area (Å²) in [5.74, 6) is -0.761. The van der Waals surface area contributed by atoms with E-state index in [4.69, 9.17) is 9.47 Å². The molecule has 0 radical (unpaired) electrons. The molecule has 0 aliphatic heterocycles. The monoisotopic (exact) mass is 452 g/mol. The maximum Gasteiger partial charge on any atom is 0.341 e. The topological polar surface area (TPSA) is 93.7 Å². The van der Waals surface area contributed by atoms with Crippen LogP contribution in [0.2, 0.25) is 0 Å². The lowest BCUT2D eigenvalue weighted by molar-refractivity contribution is 0.0527. The summed E-state index contributed by atoms with van der Waals surface area (Å²) in [6.45, 7) is 5.35. The van der Waals surface area contributed by atoms with E-state index in [1.807, 2.05) is 19.1 Å². The number of carbonyl (C=O) groups excluding carboxylic acids is 3. The van der Waals surface area contributed by atoms with Gasteiger partial charge < -0.3 is 20.1 Å². The number of ether oxygens (including phenoxy) is 2. The van der Waals surface area contributed by atoms with E-state index < -0.39 is 11.9 Å². The van der Waals surface area contributed by atoms with Crippen molar-refractivity contribution in [2.75, 3.05) is 24.4 Å². The van der Waals surface area contributed by atoms with Gasteiger partial charge in [0.25, 0.3) is 11.8 Å². The number of thiophene rings is 1. The summed E-state index contributed by atoms with van der Waals surface area (Å²) in [7, 11) is 1.54. The lowest BCUT2D eigenvalue weighted by Crippen LogP contribution is -2.16. The second-order valence-electron chi connectivity index (χ2n) is 6.94. The fraction of sp³-hybridized carbons (Fsp3) is 0.208. The van der Waals surface area contributed by atoms with Crippen LogP contribution in [0, 0.1) is 13.8 Å². The SMILES string of the molecule is CCOC(=O)c1c(NC(=O)c2ccccc2C)sc(C(=O)Nc2cccc(OC)c2)c1C. The van der Waals surface area contributed by atoms with Crippen molar-refractivity contribution < 1.29 is 23.9 Å². The van der Waals surface area contributed by atoms with Gasteiger partial charge in [0.1, 0.15) is 10.8 Å². The molecule has 0 atom stereocenters. The number of anilines is 2. The van der Waals surface area contributed by atoms with Gasteiger partial charge in [0.2, 0.25) is 0 Å². The zero-order chi connectivity index (χ0) is 23.3. The van der Waals surface area contributed by atoms with Crippen molar-refractivity contribution in [3.63, 3.8) is 0 Å². The van der Waals surface area contributed by atoms with Crippen LogP contribution >= 0.6 is 11.3 Å². The van der Waals surface area contributed by atoms with Crippen LogP contribution in [-0.4, -0.2) is 31.5 Å². The summed E-state index contributed by atoms with van der Waals surface area (Å²) in [5, 5.41) is 5.86. The fourth-order valence-electron chi connectivity index (χ4n) is 3.15. The number of amides is 2. The molecule has 0 bridgehead atoms. The van der Waals surface area contributed by atoms with Crippen molar-refractivity contribution >= 4 is 39.8 Å². The van der Waals surface area contributed by atoms with E-state index in [2.05, 4.69) is 10.6 Å². The molecule has 0 aliphatic rings. The van der Waals surface area contributed by atoms with Crippen LogP contribution in [0.4, 0.5) is 10.7 Å². The highest BCUT2D eigenvalue weighted by Gasteiger charge is 2.27. The molecule has 2 amide bonds. The molecule has 166 valence electrons. The van der Waals surface area contributed by atoms with E-state index in [1.54, 1.807) is 57.4 Å². The molecule has 0 aliphatic carbocycles. The summed E-state index contributed by atoms with van der Waals surface area (Å²) in [5.41, 5.74) is 2.44. The number of methoxy groups -OCH3 is 1. The highest BCUT2D eigenvalue weighted by atomic mass is 32.1. The first-order valence-corrected chi connectivity index (χ1v) is 10.8. The van der Waals surface area contributed by atoms with Gasteiger partial charge in [-0.3, -0.25) is 9.59 Å². The molecular weight excluding hydrogens is 428 g/mol. The number of carbonyl (C=O) groups is 3. The number of rotatable bonds is 7. The molecule has 32 heavy (non-hydrogen) atoms. The molecule has 8 heteroatoms. The van der Waals surface area contributed by atoms with E-state index in [0.717, 1.165) is 16.9 Å². The predicted octanol–water partition coefficient (Wildman–Crippen LogP) is 5.05. The Morgan fingerprint density at radius 2 is 1.72 bits per heavy atom. The molecule has 1 aromatic heterocycles. The van der Waals surface area contributed by atoms with Crippen molar-refractivity contribution in [3.8, 4) is 5.75 Å². The Balaban J connectivity index is 1.95. The van der Waals surface area contributed by atoms with Gasteiger partial charge in [-0.1, -0.05) is 24.3 Å². The zero-order valence-electron chi connectivity index (χ0n) is 18.3. The number of benzene rings is 2. The second-order valence-corrected chi connectivity index (χ2v) is 7.96. The van der Waals surface area contributed by atoms with Gasteiger partial charge in [0, 0.05) is 17.3 Å². The van der Waals surface area contributed by atoms with Crippen molar-refractivity contribution in [1.82, 2.24) is 0 Å². The Hall–Kier alpha value is -3.65. The van der Waals surface area contributed by atoms with E-state index in [-0.39, 0.29) is 23.1 Å². The second kappa shape index (κ2) is 10.1.